The fourth-order valence-electron chi connectivity index (χ4n) is 4.37. The van der Waals surface area contributed by atoms with E-state index in [-0.39, 0.29) is 6.03 Å². The fourth-order valence-corrected chi connectivity index (χ4v) is 9.31. The minimum absolute atomic E-state index is 0.336. The molecule has 0 aliphatic carbocycles. The Balaban J connectivity index is 1.51. The van der Waals surface area contributed by atoms with Gasteiger partial charge in [-0.25, -0.2) is 14.8 Å². The maximum Gasteiger partial charge on any atom is 0.360 e. The lowest BCUT2D eigenvalue weighted by Gasteiger charge is -2.26. The highest BCUT2D eigenvalue weighted by molar-refractivity contribution is 8.25. The Kier molecular flexibility index (Phi) is 6.75. The van der Waals surface area contributed by atoms with Gasteiger partial charge in [-0.3, -0.25) is 0 Å². The highest BCUT2D eigenvalue weighted by atomic mass is 32.2. The van der Waals surface area contributed by atoms with Crippen molar-refractivity contribution in [2.24, 2.45) is 5.10 Å². The molecule has 4 bridgehead atoms. The minimum atomic E-state index is -0.336. The van der Waals surface area contributed by atoms with Crippen molar-refractivity contribution in [1.82, 2.24) is 15.4 Å². The SMILES string of the molecule is CN1[N]C(c2cc3ccc4cc(C5=CSC(c6scc[s+]6)S5)cc(ccc(c2)c3C#N)c4C#N)=NN(C)C1=O. The molecular weight excluding hydrogens is 565 g/mol. The van der Waals surface area contributed by atoms with E-state index in [2.05, 4.69) is 38.8 Å². The average molecular weight is 583 g/mol. The van der Waals surface area contributed by atoms with Crippen LogP contribution in [-0.4, -0.2) is 36.0 Å². The average Bonchev–Trinajstić information content (AvgIpc) is 3.65. The van der Waals surface area contributed by atoms with Crippen molar-refractivity contribution in [3.8, 4) is 12.1 Å². The van der Waals surface area contributed by atoms with E-state index in [0.29, 0.717) is 37.9 Å². The number of hydrazone groups is 1. The summed E-state index contributed by atoms with van der Waals surface area (Å²) in [6.45, 7) is 0. The maximum absolute atomic E-state index is 12.1. The van der Waals surface area contributed by atoms with E-state index >= 15 is 0 Å². The third-order valence-electron chi connectivity index (χ3n) is 6.24. The standard InChI is InChI=1S/C28H18N6OS4/c1-33-28(35)34(2)32-25(31-33)21-11-18-5-3-16-9-20(24-15-38-27(39-24)26-36-7-8-37-26)10-17(22(16)13-29)4-6-19(12-21)23(18)14-30/h3-12,15,27H,1-2H3/q+1. The molecule has 0 spiro atoms. The molecule has 2 amide bonds. The highest BCUT2D eigenvalue weighted by Gasteiger charge is 2.29. The molecular formula is C28H18N6OS4+. The molecule has 0 fully saturated rings. The Morgan fingerprint density at radius 3 is 2.00 bits per heavy atom. The van der Waals surface area contributed by atoms with Gasteiger partial charge in [0.1, 0.15) is 27.5 Å². The van der Waals surface area contributed by atoms with E-state index in [4.69, 9.17) is 0 Å². The molecule has 1 unspecified atom stereocenters. The monoisotopic (exact) mass is 582 g/mol. The van der Waals surface area contributed by atoms with Gasteiger partial charge in [-0.2, -0.15) is 10.5 Å². The number of benzene rings is 2. The van der Waals surface area contributed by atoms with Crippen LogP contribution in [0.4, 0.5) is 4.79 Å². The molecule has 3 heterocycles. The van der Waals surface area contributed by atoms with Crippen LogP contribution in [0.1, 0.15) is 31.0 Å². The largest absolute Gasteiger partial charge is 0.360 e. The summed E-state index contributed by atoms with van der Waals surface area (Å²) >= 11 is 7.19. The summed E-state index contributed by atoms with van der Waals surface area (Å²) in [7, 11) is 3.15. The first-order chi connectivity index (χ1) is 18.9. The number of nitriles is 2. The number of urea groups is 1. The van der Waals surface area contributed by atoms with Crippen LogP contribution >= 0.6 is 46.2 Å². The van der Waals surface area contributed by atoms with Gasteiger partial charge in [0.25, 0.3) is 4.19 Å². The summed E-state index contributed by atoms with van der Waals surface area (Å²) < 4.78 is 1.71. The summed E-state index contributed by atoms with van der Waals surface area (Å²) in [5, 5.41) is 36.2. The predicted octanol–water partition coefficient (Wildman–Crippen LogP) is 7.36. The van der Waals surface area contributed by atoms with E-state index in [1.807, 2.05) is 72.1 Å². The van der Waals surface area contributed by atoms with Crippen molar-refractivity contribution < 1.29 is 4.79 Å². The minimum Gasteiger partial charge on any atom is -0.244 e. The third-order valence-corrected chi connectivity index (χ3v) is 11.8. The van der Waals surface area contributed by atoms with Gasteiger partial charge in [-0.15, -0.1) is 22.3 Å². The van der Waals surface area contributed by atoms with E-state index < -0.39 is 0 Å². The van der Waals surface area contributed by atoms with Gasteiger partial charge in [0.05, 0.1) is 33.8 Å². The normalized spacial score (nSPS) is 16.9. The molecule has 39 heavy (non-hydrogen) atoms. The lowest BCUT2D eigenvalue weighted by molar-refractivity contribution is 0.155. The molecule has 0 saturated carbocycles. The number of carbonyl (C=O) groups excluding carboxylic acids is 1. The van der Waals surface area contributed by atoms with Gasteiger partial charge in [0.15, 0.2) is 5.84 Å². The molecule has 2 aliphatic rings. The van der Waals surface area contributed by atoms with Crippen molar-refractivity contribution in [1.29, 1.82) is 10.5 Å². The Hall–Kier alpha value is -3.87. The molecule has 0 N–H and O–H groups in total. The van der Waals surface area contributed by atoms with Gasteiger partial charge >= 0.3 is 6.03 Å². The zero-order valence-electron chi connectivity index (χ0n) is 20.7. The zero-order valence-corrected chi connectivity index (χ0v) is 23.9. The zero-order chi connectivity index (χ0) is 27.1. The van der Waals surface area contributed by atoms with Crippen LogP contribution in [0.25, 0.3) is 26.5 Å². The highest BCUT2D eigenvalue weighted by Crippen LogP contribution is 2.56. The van der Waals surface area contributed by atoms with Crippen molar-refractivity contribution in [2.45, 2.75) is 4.58 Å². The lowest BCUT2D eigenvalue weighted by atomic mass is 9.98. The quantitative estimate of drug-likeness (QED) is 0.235. The molecule has 4 aromatic rings. The number of amides is 2. The first-order valence-electron chi connectivity index (χ1n) is 11.7. The summed E-state index contributed by atoms with van der Waals surface area (Å²) in [4.78, 5) is 13.3. The second-order valence-corrected chi connectivity index (χ2v) is 13.3. The van der Waals surface area contributed by atoms with Gasteiger partial charge < -0.3 is 0 Å². The van der Waals surface area contributed by atoms with Crippen LogP contribution in [0.15, 0.2) is 69.8 Å². The first kappa shape index (κ1) is 25.4. The Bertz CT molecular complexity index is 1770. The number of fused-ring (bicyclic) bond motifs is 4. The van der Waals surface area contributed by atoms with Crippen molar-refractivity contribution in [2.75, 3.05) is 14.1 Å². The van der Waals surface area contributed by atoms with Gasteiger partial charge in [0, 0.05) is 24.6 Å². The van der Waals surface area contributed by atoms with Gasteiger partial charge in [0.2, 0.25) is 0 Å². The van der Waals surface area contributed by atoms with Crippen LogP contribution in [0.2, 0.25) is 0 Å². The van der Waals surface area contributed by atoms with Crippen LogP contribution < -0.4 is 5.43 Å². The number of amidine groups is 1. The number of thioether (sulfide) groups is 2. The van der Waals surface area contributed by atoms with E-state index in [1.165, 1.54) is 19.1 Å². The molecule has 7 nitrogen and oxygen atoms in total. The van der Waals surface area contributed by atoms with Gasteiger partial charge in [-0.05, 0) is 56.8 Å². The molecule has 189 valence electrons. The second kappa shape index (κ2) is 10.4. The van der Waals surface area contributed by atoms with Crippen molar-refractivity contribution in [3.63, 3.8) is 0 Å². The summed E-state index contributed by atoms with van der Waals surface area (Å²) in [5.74, 6) is 0.368. The smallest absolute Gasteiger partial charge is 0.244 e. The Labute approximate surface area is 241 Å². The third kappa shape index (κ3) is 4.75. The van der Waals surface area contributed by atoms with Gasteiger partial charge in [-0.1, -0.05) is 36.0 Å². The molecule has 6 rings (SSSR count). The van der Waals surface area contributed by atoms with E-state index in [9.17, 15) is 15.3 Å². The maximum atomic E-state index is 12.1. The molecule has 0 saturated heterocycles. The number of hydrogen-bond acceptors (Lipinski definition) is 7. The number of nitrogens with zero attached hydrogens (tertiary/aromatic N) is 6. The predicted molar refractivity (Wildman–Crippen MR) is 162 cm³/mol. The first-order valence-corrected chi connectivity index (χ1v) is 15.3. The Morgan fingerprint density at radius 2 is 1.49 bits per heavy atom. The van der Waals surface area contributed by atoms with Crippen LogP contribution in [0.5, 0.6) is 0 Å². The molecule has 1 radical (unpaired) electrons. The Morgan fingerprint density at radius 1 is 0.897 bits per heavy atom. The van der Waals surface area contributed by atoms with Crippen LogP contribution in [0, 0.1) is 22.7 Å². The second-order valence-electron chi connectivity index (χ2n) is 8.70. The summed E-state index contributed by atoms with van der Waals surface area (Å²) in [6.07, 6.45) is 0. The summed E-state index contributed by atoms with van der Waals surface area (Å²) in [6, 6.07) is 19.6. The molecule has 11 heteroatoms. The number of rotatable bonds is 3. The van der Waals surface area contributed by atoms with Crippen molar-refractivity contribution in [3.05, 3.63) is 91.1 Å². The lowest BCUT2D eigenvalue weighted by Crippen LogP contribution is -2.48. The van der Waals surface area contributed by atoms with Crippen LogP contribution in [0.3, 0.4) is 0 Å². The van der Waals surface area contributed by atoms with Crippen LogP contribution in [-0.2, 0) is 0 Å². The molecule has 1 aromatic heterocycles. The topological polar surface area (TPSA) is 97.6 Å². The molecule has 3 aromatic carbocycles. The number of carbonyl (C=O) groups is 1. The molecule has 1 atom stereocenters. The van der Waals surface area contributed by atoms with Crippen molar-refractivity contribution >= 4 is 84.5 Å². The summed E-state index contributed by atoms with van der Waals surface area (Å²) in [5.41, 5.74) is 7.14. The molecule has 2 aliphatic heterocycles. The fraction of sp³-hybridized carbons (Fsp3) is 0.107. The number of hydrogen-bond donors (Lipinski definition) is 0. The van der Waals surface area contributed by atoms with E-state index in [0.717, 1.165) is 16.3 Å². The van der Waals surface area contributed by atoms with E-state index in [1.54, 1.807) is 36.8 Å².